The first-order valence-electron chi connectivity index (χ1n) is 4.47. The van der Waals surface area contributed by atoms with Gasteiger partial charge in [-0.3, -0.25) is 4.79 Å². The van der Waals surface area contributed by atoms with Gasteiger partial charge in [-0.1, -0.05) is 17.7 Å². The van der Waals surface area contributed by atoms with E-state index in [9.17, 15) is 4.79 Å². The van der Waals surface area contributed by atoms with Crippen molar-refractivity contribution in [1.82, 2.24) is 5.32 Å². The maximum absolute atomic E-state index is 11.5. The van der Waals surface area contributed by atoms with Crippen molar-refractivity contribution in [3.63, 3.8) is 0 Å². The summed E-state index contributed by atoms with van der Waals surface area (Å²) < 4.78 is 0. The summed E-state index contributed by atoms with van der Waals surface area (Å²) in [6, 6.07) is 7.75. The topological polar surface area (TPSA) is 29.1 Å². The van der Waals surface area contributed by atoms with Crippen LogP contribution in [0, 0.1) is 6.92 Å². The van der Waals surface area contributed by atoms with Crippen molar-refractivity contribution in [2.75, 3.05) is 0 Å². The smallest absolute Gasteiger partial charge is 0.251 e. The molecule has 0 bridgehead atoms. The molecule has 2 nitrogen and oxygen atoms in total. The molecule has 1 aromatic carbocycles. The van der Waals surface area contributed by atoms with E-state index in [0.717, 1.165) is 5.56 Å². The van der Waals surface area contributed by atoms with Gasteiger partial charge in [0.1, 0.15) is 0 Å². The van der Waals surface area contributed by atoms with E-state index in [0.29, 0.717) is 0 Å². The average Bonchev–Trinajstić information content (AvgIpc) is 2.04. The van der Waals surface area contributed by atoms with Crippen LogP contribution in [0.15, 0.2) is 24.3 Å². The van der Waals surface area contributed by atoms with Crippen molar-refractivity contribution in [3.05, 3.63) is 35.4 Å². The first-order chi connectivity index (χ1) is 6.09. The van der Waals surface area contributed by atoms with Gasteiger partial charge in [-0.15, -0.1) is 0 Å². The summed E-state index contributed by atoms with van der Waals surface area (Å²) in [5.74, 6) is -0.00463. The molecule has 0 aliphatic heterocycles. The molecular weight excluding hydrogens is 161 g/mol. The van der Waals surface area contributed by atoms with E-state index >= 15 is 0 Å². The standard InChI is InChI=1S/C11H15NO/c1-8(2)12-11(13)10-6-4-9(3)5-7-10/h4-8H,1-3H3,(H,12,13)/i11-1. The van der Waals surface area contributed by atoms with Gasteiger partial charge in [0.15, 0.2) is 0 Å². The van der Waals surface area contributed by atoms with Gasteiger partial charge in [0.2, 0.25) is 0 Å². The lowest BCUT2D eigenvalue weighted by molar-refractivity contribution is 0.0943. The van der Waals surface area contributed by atoms with Crippen molar-refractivity contribution >= 4 is 5.91 Å². The van der Waals surface area contributed by atoms with Crippen LogP contribution in [0.2, 0.25) is 0 Å². The highest BCUT2D eigenvalue weighted by Gasteiger charge is 2.04. The zero-order chi connectivity index (χ0) is 9.84. The molecule has 0 unspecified atom stereocenters. The van der Waals surface area contributed by atoms with E-state index in [1.807, 2.05) is 45.0 Å². The molecule has 0 spiro atoms. The SMILES string of the molecule is Cc1ccc([11C](=O)NC(C)C)cc1. The van der Waals surface area contributed by atoms with Crippen LogP contribution in [0.4, 0.5) is 0 Å². The van der Waals surface area contributed by atoms with Gasteiger partial charge in [-0.05, 0) is 32.9 Å². The summed E-state index contributed by atoms with van der Waals surface area (Å²) in [4.78, 5) is 11.5. The Morgan fingerprint density at radius 2 is 1.77 bits per heavy atom. The van der Waals surface area contributed by atoms with Crippen LogP contribution in [0.3, 0.4) is 0 Å². The zero-order valence-corrected chi connectivity index (χ0v) is 8.29. The Kier molecular flexibility index (Phi) is 3.07. The molecule has 1 amide bonds. The Bertz CT molecular complexity index is 287. The summed E-state index contributed by atoms with van der Waals surface area (Å²) >= 11 is 0. The quantitative estimate of drug-likeness (QED) is 0.734. The number of rotatable bonds is 2. The lowest BCUT2D eigenvalue weighted by Gasteiger charge is -2.07. The summed E-state index contributed by atoms with van der Waals surface area (Å²) in [6.07, 6.45) is 0. The molecule has 1 aromatic rings. The summed E-state index contributed by atoms with van der Waals surface area (Å²) in [5, 5.41) is 2.84. The third-order valence-electron chi connectivity index (χ3n) is 1.73. The van der Waals surface area contributed by atoms with Crippen LogP contribution in [-0.2, 0) is 0 Å². The predicted octanol–water partition coefficient (Wildman–Crippen LogP) is 2.13. The molecule has 0 heterocycles. The highest BCUT2D eigenvalue weighted by molar-refractivity contribution is 5.94. The molecule has 70 valence electrons. The number of nitrogens with one attached hydrogen (secondary N) is 1. The van der Waals surface area contributed by atoms with Gasteiger partial charge < -0.3 is 5.32 Å². The minimum absolute atomic E-state index is 0.00463. The number of hydrogen-bond acceptors (Lipinski definition) is 1. The molecule has 2 heteroatoms. The predicted molar refractivity (Wildman–Crippen MR) is 53.8 cm³/mol. The molecular formula is C11H15NO. The second kappa shape index (κ2) is 4.08. The molecule has 0 aromatic heterocycles. The number of amides is 1. The van der Waals surface area contributed by atoms with Gasteiger partial charge in [-0.25, -0.2) is 0 Å². The molecule has 0 fully saturated rings. The number of hydrogen-bond donors (Lipinski definition) is 1. The van der Waals surface area contributed by atoms with Crippen LogP contribution < -0.4 is 5.32 Å². The fraction of sp³-hybridized carbons (Fsp3) is 0.364. The second-order valence-corrected chi connectivity index (χ2v) is 3.49. The molecule has 1 rings (SSSR count). The van der Waals surface area contributed by atoms with E-state index in [1.54, 1.807) is 0 Å². The van der Waals surface area contributed by atoms with Crippen molar-refractivity contribution < 1.29 is 4.79 Å². The Labute approximate surface area is 79.0 Å². The minimum Gasteiger partial charge on any atom is -0.350 e. The Morgan fingerprint density at radius 1 is 1.23 bits per heavy atom. The minimum atomic E-state index is -0.00463. The Morgan fingerprint density at radius 3 is 2.23 bits per heavy atom. The number of carbonyl (C=O) groups excluding carboxylic acids is 1. The van der Waals surface area contributed by atoms with Crippen molar-refractivity contribution in [2.24, 2.45) is 0 Å². The maximum Gasteiger partial charge on any atom is 0.251 e. The first kappa shape index (κ1) is 9.78. The molecule has 0 aliphatic rings. The van der Waals surface area contributed by atoms with E-state index in [1.165, 1.54) is 5.56 Å². The van der Waals surface area contributed by atoms with Gasteiger partial charge >= 0.3 is 0 Å². The third kappa shape index (κ3) is 2.90. The van der Waals surface area contributed by atoms with Crippen molar-refractivity contribution in [2.45, 2.75) is 26.8 Å². The van der Waals surface area contributed by atoms with E-state index in [4.69, 9.17) is 0 Å². The van der Waals surface area contributed by atoms with Gasteiger partial charge in [0.05, 0.1) is 0 Å². The average molecular weight is 176 g/mol. The monoisotopic (exact) mass is 176 g/mol. The van der Waals surface area contributed by atoms with E-state index in [2.05, 4.69) is 5.32 Å². The number of benzene rings is 1. The van der Waals surface area contributed by atoms with Gasteiger partial charge in [-0.2, -0.15) is 0 Å². The number of carbonyl (C=O) groups is 1. The number of aryl methyl sites for hydroxylation is 1. The van der Waals surface area contributed by atoms with Crippen molar-refractivity contribution in [1.29, 1.82) is 0 Å². The fourth-order valence-electron chi connectivity index (χ4n) is 1.05. The molecule has 1 N–H and O–H groups in total. The Balaban J connectivity index is 2.72. The summed E-state index contributed by atoms with van der Waals surface area (Å²) in [6.45, 7) is 5.91. The van der Waals surface area contributed by atoms with Crippen LogP contribution in [0.5, 0.6) is 0 Å². The first-order valence-corrected chi connectivity index (χ1v) is 4.47. The molecule has 0 saturated heterocycles. The van der Waals surface area contributed by atoms with E-state index in [-0.39, 0.29) is 11.9 Å². The summed E-state index contributed by atoms with van der Waals surface area (Å²) in [7, 11) is 0. The highest BCUT2D eigenvalue weighted by atomic mass is 16.1. The Hall–Kier alpha value is -1.31. The maximum atomic E-state index is 11.5. The molecule has 0 aliphatic carbocycles. The van der Waals surface area contributed by atoms with E-state index < -0.39 is 0 Å². The van der Waals surface area contributed by atoms with Crippen molar-refractivity contribution in [3.8, 4) is 0 Å². The normalized spacial score (nSPS) is 10.2. The third-order valence-corrected chi connectivity index (χ3v) is 1.73. The molecule has 0 atom stereocenters. The van der Waals surface area contributed by atoms with Gasteiger partial charge in [0, 0.05) is 11.6 Å². The second-order valence-electron chi connectivity index (χ2n) is 3.49. The lowest BCUT2D eigenvalue weighted by Crippen LogP contribution is -2.29. The molecule has 0 saturated carbocycles. The lowest BCUT2D eigenvalue weighted by atomic mass is 9.87. The summed E-state index contributed by atoms with van der Waals surface area (Å²) in [5.41, 5.74) is 1.89. The van der Waals surface area contributed by atoms with Crippen LogP contribution in [0.25, 0.3) is 0 Å². The highest BCUT2D eigenvalue weighted by Crippen LogP contribution is 2.02. The zero-order valence-electron chi connectivity index (χ0n) is 8.29. The fourth-order valence-corrected chi connectivity index (χ4v) is 1.05. The van der Waals surface area contributed by atoms with Gasteiger partial charge in [0.25, 0.3) is 5.91 Å². The molecule has 0 radical (unpaired) electrons. The largest absolute Gasteiger partial charge is 0.350 e. The van der Waals surface area contributed by atoms with Crippen LogP contribution >= 0.6 is 0 Å². The van der Waals surface area contributed by atoms with Crippen LogP contribution in [0.1, 0.15) is 29.8 Å². The molecule has 13 heavy (non-hydrogen) atoms. The van der Waals surface area contributed by atoms with Crippen LogP contribution in [-0.4, -0.2) is 11.9 Å².